The van der Waals surface area contributed by atoms with Crippen LogP contribution in [0.5, 0.6) is 0 Å². The maximum Gasteiger partial charge on any atom is 0.0765 e. The number of methoxy groups -OCH3 is 1. The highest BCUT2D eigenvalue weighted by molar-refractivity contribution is 6.33. The Morgan fingerprint density at radius 2 is 2.10 bits per heavy atom. The van der Waals surface area contributed by atoms with Crippen LogP contribution in [0.15, 0.2) is 18.2 Å². The van der Waals surface area contributed by atoms with Crippen LogP contribution in [0.2, 0.25) is 5.02 Å². The number of likely N-dealkylation sites (N-methyl/N-ethyl adjacent to an activating group) is 1. The van der Waals surface area contributed by atoms with Gasteiger partial charge in [0.2, 0.25) is 0 Å². The third-order valence-corrected chi connectivity index (χ3v) is 3.43. The van der Waals surface area contributed by atoms with Crippen LogP contribution in [-0.2, 0) is 11.3 Å². The molecule has 5 heteroatoms. The average Bonchev–Trinajstić information content (AvgIpc) is 2.40. The lowest BCUT2D eigenvalue weighted by Gasteiger charge is -2.30. The molecule has 1 aromatic rings. The second kappa shape index (κ2) is 8.59. The predicted octanol–water partition coefficient (Wildman–Crippen LogP) is 2.67. The molecule has 0 bridgehead atoms. The van der Waals surface area contributed by atoms with E-state index in [1.165, 1.54) is 0 Å². The number of rotatable bonds is 9. The number of aliphatic hydroxyl groups is 1. The van der Waals surface area contributed by atoms with Crippen molar-refractivity contribution in [2.45, 2.75) is 32.9 Å². The summed E-state index contributed by atoms with van der Waals surface area (Å²) in [4.78, 5) is 2.09. The van der Waals surface area contributed by atoms with E-state index in [-0.39, 0.29) is 0 Å². The van der Waals surface area contributed by atoms with E-state index in [2.05, 4.69) is 23.2 Å². The summed E-state index contributed by atoms with van der Waals surface area (Å²) in [6.07, 6.45) is 0. The van der Waals surface area contributed by atoms with Gasteiger partial charge in [-0.25, -0.2) is 0 Å². The molecule has 0 radical (unpaired) electrons. The molecule has 1 aromatic carbocycles. The Labute approximate surface area is 133 Å². The molecule has 0 saturated carbocycles. The summed E-state index contributed by atoms with van der Waals surface area (Å²) in [5, 5.41) is 14.0. The number of hydrogen-bond acceptors (Lipinski definition) is 4. The van der Waals surface area contributed by atoms with Crippen LogP contribution in [0.1, 0.15) is 26.3 Å². The van der Waals surface area contributed by atoms with E-state index in [1.807, 2.05) is 12.1 Å². The van der Waals surface area contributed by atoms with Crippen molar-refractivity contribution >= 4 is 17.3 Å². The van der Waals surface area contributed by atoms with E-state index in [0.717, 1.165) is 30.9 Å². The Balaban J connectivity index is 2.72. The summed E-state index contributed by atoms with van der Waals surface area (Å²) in [5.41, 5.74) is 1.35. The van der Waals surface area contributed by atoms with Gasteiger partial charge >= 0.3 is 0 Å². The average molecular weight is 315 g/mol. The quantitative estimate of drug-likeness (QED) is 0.688. The number of hydrogen-bond donors (Lipinski definition) is 2. The molecule has 1 rings (SSSR count). The molecule has 0 fully saturated rings. The highest BCUT2D eigenvalue weighted by atomic mass is 35.5. The Kier molecular flexibility index (Phi) is 7.46. The third-order valence-electron chi connectivity index (χ3n) is 3.12. The fraction of sp³-hybridized carbons (Fsp3) is 0.625. The largest absolute Gasteiger partial charge is 0.389 e. The van der Waals surface area contributed by atoms with Crippen LogP contribution in [-0.4, -0.2) is 44.1 Å². The van der Waals surface area contributed by atoms with Crippen LogP contribution in [0.3, 0.4) is 0 Å². The predicted molar refractivity (Wildman–Crippen MR) is 89.2 cm³/mol. The Hall–Kier alpha value is -0.810. The lowest BCUT2D eigenvalue weighted by molar-refractivity contribution is 0.0876. The van der Waals surface area contributed by atoms with E-state index >= 15 is 0 Å². The van der Waals surface area contributed by atoms with Crippen molar-refractivity contribution in [1.29, 1.82) is 0 Å². The highest BCUT2D eigenvalue weighted by Crippen LogP contribution is 2.28. The molecule has 120 valence electrons. The first-order chi connectivity index (χ1) is 9.87. The molecule has 0 aromatic heterocycles. The van der Waals surface area contributed by atoms with Crippen LogP contribution in [0, 0.1) is 0 Å². The minimum absolute atomic E-state index is 0.550. The minimum atomic E-state index is -0.750. The molecule has 0 aliphatic heterocycles. The maximum atomic E-state index is 9.99. The summed E-state index contributed by atoms with van der Waals surface area (Å²) in [6.45, 7) is 9.29. The zero-order chi connectivity index (χ0) is 15.9. The lowest BCUT2D eigenvalue weighted by Crippen LogP contribution is -2.38. The van der Waals surface area contributed by atoms with E-state index in [4.69, 9.17) is 16.3 Å². The van der Waals surface area contributed by atoms with Gasteiger partial charge in [0, 0.05) is 33.3 Å². The van der Waals surface area contributed by atoms with Crippen molar-refractivity contribution in [3.8, 4) is 0 Å². The van der Waals surface area contributed by atoms with Gasteiger partial charge in [-0.05, 0) is 38.5 Å². The SMILES string of the molecule is CCN(CC(C)(C)O)c1ccc(CNCCOC)cc1Cl. The maximum absolute atomic E-state index is 9.99. The standard InChI is InChI=1S/C16H27ClN2O2/c1-5-19(12-16(2,3)20)15-7-6-13(10-14(15)17)11-18-8-9-21-4/h6-7,10,18,20H,5,8-9,11-12H2,1-4H3. The first kappa shape index (κ1) is 18.2. The van der Waals surface area contributed by atoms with Crippen molar-refractivity contribution in [2.24, 2.45) is 0 Å². The first-order valence-electron chi connectivity index (χ1n) is 7.32. The summed E-state index contributed by atoms with van der Waals surface area (Å²) in [7, 11) is 1.69. The molecule has 2 N–H and O–H groups in total. The molecule has 0 aliphatic carbocycles. The first-order valence-corrected chi connectivity index (χ1v) is 7.70. The van der Waals surface area contributed by atoms with Crippen LogP contribution >= 0.6 is 11.6 Å². The van der Waals surface area contributed by atoms with Gasteiger partial charge < -0.3 is 20.1 Å². The van der Waals surface area contributed by atoms with Crippen LogP contribution in [0.4, 0.5) is 5.69 Å². The normalized spacial score (nSPS) is 11.7. The highest BCUT2D eigenvalue weighted by Gasteiger charge is 2.19. The number of nitrogens with one attached hydrogen (secondary N) is 1. The number of ether oxygens (including phenoxy) is 1. The lowest BCUT2D eigenvalue weighted by atomic mass is 10.1. The van der Waals surface area contributed by atoms with Crippen molar-refractivity contribution in [2.75, 3.05) is 38.3 Å². The summed E-state index contributed by atoms with van der Waals surface area (Å²) in [6, 6.07) is 6.06. The van der Waals surface area contributed by atoms with E-state index in [9.17, 15) is 5.11 Å². The van der Waals surface area contributed by atoms with Crippen LogP contribution in [0.25, 0.3) is 0 Å². The van der Waals surface area contributed by atoms with Crippen molar-refractivity contribution in [1.82, 2.24) is 5.32 Å². The van der Waals surface area contributed by atoms with Gasteiger partial charge in [-0.1, -0.05) is 17.7 Å². The molecular weight excluding hydrogens is 288 g/mol. The summed E-state index contributed by atoms with van der Waals surface area (Å²) >= 11 is 6.40. The van der Waals surface area contributed by atoms with Gasteiger partial charge in [0.15, 0.2) is 0 Å². The van der Waals surface area contributed by atoms with Gasteiger partial charge in [0.25, 0.3) is 0 Å². The zero-order valence-corrected chi connectivity index (χ0v) is 14.2. The fourth-order valence-corrected chi connectivity index (χ4v) is 2.48. The van der Waals surface area contributed by atoms with Crippen molar-refractivity contribution in [3.63, 3.8) is 0 Å². The Bertz CT molecular complexity index is 433. The number of benzene rings is 1. The molecule has 0 amide bonds. The number of halogens is 1. The van der Waals surface area contributed by atoms with E-state index in [0.29, 0.717) is 18.2 Å². The molecular formula is C16H27ClN2O2. The smallest absolute Gasteiger partial charge is 0.0765 e. The fourth-order valence-electron chi connectivity index (χ4n) is 2.16. The number of anilines is 1. The third kappa shape index (κ3) is 6.66. The van der Waals surface area contributed by atoms with Crippen molar-refractivity contribution < 1.29 is 9.84 Å². The van der Waals surface area contributed by atoms with Gasteiger partial charge in [-0.3, -0.25) is 0 Å². The molecule has 4 nitrogen and oxygen atoms in total. The molecule has 0 spiro atoms. The molecule has 0 atom stereocenters. The Morgan fingerprint density at radius 3 is 2.62 bits per heavy atom. The second-order valence-electron chi connectivity index (χ2n) is 5.78. The van der Waals surface area contributed by atoms with E-state index in [1.54, 1.807) is 21.0 Å². The van der Waals surface area contributed by atoms with Crippen molar-refractivity contribution in [3.05, 3.63) is 28.8 Å². The molecule has 0 unspecified atom stereocenters. The molecule has 21 heavy (non-hydrogen) atoms. The molecule has 0 aliphatic rings. The van der Waals surface area contributed by atoms with Gasteiger partial charge in [-0.15, -0.1) is 0 Å². The van der Waals surface area contributed by atoms with Gasteiger partial charge in [0.05, 0.1) is 22.9 Å². The van der Waals surface area contributed by atoms with Gasteiger partial charge in [0.1, 0.15) is 0 Å². The summed E-state index contributed by atoms with van der Waals surface area (Å²) in [5.74, 6) is 0. The zero-order valence-electron chi connectivity index (χ0n) is 13.4. The van der Waals surface area contributed by atoms with Crippen LogP contribution < -0.4 is 10.2 Å². The second-order valence-corrected chi connectivity index (χ2v) is 6.19. The Morgan fingerprint density at radius 1 is 1.38 bits per heavy atom. The summed E-state index contributed by atoms with van der Waals surface area (Å²) < 4.78 is 5.00. The number of nitrogens with zero attached hydrogens (tertiary/aromatic N) is 1. The van der Waals surface area contributed by atoms with Gasteiger partial charge in [-0.2, -0.15) is 0 Å². The molecule has 0 heterocycles. The minimum Gasteiger partial charge on any atom is -0.389 e. The van der Waals surface area contributed by atoms with E-state index < -0.39 is 5.60 Å². The topological polar surface area (TPSA) is 44.7 Å². The monoisotopic (exact) mass is 314 g/mol. The molecule has 0 saturated heterocycles.